The van der Waals surface area contributed by atoms with Gasteiger partial charge in [0.05, 0.1) is 6.61 Å². The predicted octanol–water partition coefficient (Wildman–Crippen LogP) is -2.18. The molecule has 0 amide bonds. The highest BCUT2D eigenvalue weighted by molar-refractivity contribution is 4.92. The van der Waals surface area contributed by atoms with Crippen molar-refractivity contribution in [2.24, 2.45) is 0 Å². The van der Waals surface area contributed by atoms with Crippen LogP contribution < -0.4 is 0 Å². The van der Waals surface area contributed by atoms with Gasteiger partial charge in [-0.1, -0.05) is 0 Å². The third-order valence-corrected chi connectivity index (χ3v) is 2.09. The summed E-state index contributed by atoms with van der Waals surface area (Å²) in [4.78, 5) is 0. The summed E-state index contributed by atoms with van der Waals surface area (Å²) in [5.41, 5.74) is 0. The monoisotopic (exact) mass is 162 g/mol. The minimum absolute atomic E-state index is 0.236. The molecule has 3 N–H and O–H groups in total. The average Bonchev–Trinajstić information content (AvgIpc) is 2.44. The summed E-state index contributed by atoms with van der Waals surface area (Å²) in [7, 11) is 0. The number of aliphatic hydroxyl groups is 3. The third-order valence-electron chi connectivity index (χ3n) is 2.09. The molecule has 64 valence electrons. The number of ether oxygens (including phenoxy) is 2. The van der Waals surface area contributed by atoms with E-state index in [-0.39, 0.29) is 6.61 Å². The fourth-order valence-corrected chi connectivity index (χ4v) is 1.38. The van der Waals surface area contributed by atoms with Gasteiger partial charge in [-0.3, -0.25) is 0 Å². The first-order valence-corrected chi connectivity index (χ1v) is 3.51. The van der Waals surface area contributed by atoms with Crippen LogP contribution in [0.3, 0.4) is 0 Å². The maximum absolute atomic E-state index is 9.22. The van der Waals surface area contributed by atoms with E-state index >= 15 is 0 Å². The molecule has 11 heavy (non-hydrogen) atoms. The average molecular weight is 162 g/mol. The van der Waals surface area contributed by atoms with Crippen LogP contribution in [0.25, 0.3) is 0 Å². The van der Waals surface area contributed by atoms with Crippen molar-refractivity contribution < 1.29 is 24.8 Å². The molecule has 0 saturated carbocycles. The van der Waals surface area contributed by atoms with E-state index in [1.54, 1.807) is 0 Å². The van der Waals surface area contributed by atoms with Crippen molar-refractivity contribution in [1.82, 2.24) is 0 Å². The Kier molecular flexibility index (Phi) is 1.62. The van der Waals surface area contributed by atoms with Gasteiger partial charge in [0.25, 0.3) is 0 Å². The molecular weight excluding hydrogens is 152 g/mol. The molecule has 5 atom stereocenters. The molecule has 5 heteroatoms. The topological polar surface area (TPSA) is 79.2 Å². The first kappa shape index (κ1) is 7.45. The zero-order valence-electron chi connectivity index (χ0n) is 5.75. The van der Waals surface area contributed by atoms with Gasteiger partial charge in [-0.25, -0.2) is 0 Å². The summed E-state index contributed by atoms with van der Waals surface area (Å²) in [5.74, 6) is 0. The Labute approximate surface area is 63.2 Å². The van der Waals surface area contributed by atoms with E-state index in [1.165, 1.54) is 0 Å². The van der Waals surface area contributed by atoms with Crippen LogP contribution in [-0.2, 0) is 9.47 Å². The predicted molar refractivity (Wildman–Crippen MR) is 32.6 cm³/mol. The second-order valence-corrected chi connectivity index (χ2v) is 2.85. The van der Waals surface area contributed by atoms with Gasteiger partial charge in [0, 0.05) is 0 Å². The van der Waals surface area contributed by atoms with Gasteiger partial charge in [0.15, 0.2) is 6.29 Å². The molecule has 0 spiro atoms. The summed E-state index contributed by atoms with van der Waals surface area (Å²) in [6, 6.07) is 0. The van der Waals surface area contributed by atoms with Crippen LogP contribution in [0.1, 0.15) is 0 Å². The Morgan fingerprint density at radius 3 is 2.45 bits per heavy atom. The van der Waals surface area contributed by atoms with Gasteiger partial charge < -0.3 is 24.8 Å². The Bertz CT molecular complexity index is 141. The highest BCUT2D eigenvalue weighted by Crippen LogP contribution is 2.27. The van der Waals surface area contributed by atoms with E-state index in [4.69, 9.17) is 14.6 Å². The van der Waals surface area contributed by atoms with Crippen molar-refractivity contribution in [1.29, 1.82) is 0 Å². The molecule has 2 aliphatic rings. The summed E-state index contributed by atoms with van der Waals surface area (Å²) in [6.07, 6.45) is -4.58. The molecule has 2 aliphatic heterocycles. The minimum Gasteiger partial charge on any atom is -0.387 e. The van der Waals surface area contributed by atoms with Crippen molar-refractivity contribution in [3.8, 4) is 0 Å². The van der Waals surface area contributed by atoms with Crippen LogP contribution in [0.2, 0.25) is 0 Å². The lowest BCUT2D eigenvalue weighted by atomic mass is 10.0. The minimum atomic E-state index is -1.15. The first-order valence-electron chi connectivity index (χ1n) is 3.51. The number of fused-ring (bicyclic) bond motifs is 2. The van der Waals surface area contributed by atoms with Crippen LogP contribution >= 0.6 is 0 Å². The summed E-state index contributed by atoms with van der Waals surface area (Å²) >= 11 is 0. The zero-order valence-corrected chi connectivity index (χ0v) is 5.75. The second-order valence-electron chi connectivity index (χ2n) is 2.85. The van der Waals surface area contributed by atoms with Gasteiger partial charge in [0.2, 0.25) is 0 Å². The van der Waals surface area contributed by atoms with E-state index in [0.717, 1.165) is 0 Å². The molecule has 0 aromatic carbocycles. The molecule has 2 bridgehead atoms. The Morgan fingerprint density at radius 1 is 1.00 bits per heavy atom. The fourth-order valence-electron chi connectivity index (χ4n) is 1.38. The van der Waals surface area contributed by atoms with E-state index in [1.807, 2.05) is 0 Å². The number of rotatable bonds is 0. The van der Waals surface area contributed by atoms with Gasteiger partial charge in [-0.2, -0.15) is 0 Å². The summed E-state index contributed by atoms with van der Waals surface area (Å²) in [5, 5.41) is 27.6. The number of hydrogen-bond donors (Lipinski definition) is 3. The largest absolute Gasteiger partial charge is 0.387 e. The quantitative estimate of drug-likeness (QED) is 0.377. The normalized spacial score (nSPS) is 56.5. The van der Waals surface area contributed by atoms with Crippen LogP contribution in [0.15, 0.2) is 0 Å². The number of hydrogen-bond acceptors (Lipinski definition) is 5. The van der Waals surface area contributed by atoms with Gasteiger partial charge >= 0.3 is 0 Å². The molecule has 2 rings (SSSR count). The van der Waals surface area contributed by atoms with E-state index < -0.39 is 30.7 Å². The fraction of sp³-hybridized carbons (Fsp3) is 1.00. The zero-order chi connectivity index (χ0) is 8.01. The van der Waals surface area contributed by atoms with Crippen LogP contribution in [0, 0.1) is 0 Å². The van der Waals surface area contributed by atoms with E-state index in [2.05, 4.69) is 0 Å². The Balaban J connectivity index is 2.16. The van der Waals surface area contributed by atoms with Crippen molar-refractivity contribution in [2.45, 2.75) is 30.7 Å². The third kappa shape index (κ3) is 0.969. The molecule has 0 aliphatic carbocycles. The first-order chi connectivity index (χ1) is 5.20. The van der Waals surface area contributed by atoms with E-state index in [9.17, 15) is 10.2 Å². The number of aliphatic hydroxyl groups excluding tert-OH is 3. The molecule has 2 saturated heterocycles. The van der Waals surface area contributed by atoms with Gasteiger partial charge in [-0.05, 0) is 0 Å². The highest BCUT2D eigenvalue weighted by Gasteiger charge is 2.48. The summed E-state index contributed by atoms with van der Waals surface area (Å²) in [6.45, 7) is 0.236. The van der Waals surface area contributed by atoms with Crippen LogP contribution in [0.4, 0.5) is 0 Å². The second kappa shape index (κ2) is 2.40. The SMILES string of the molecule is O[C@H]1[C@H](O)[C@@H]2OC[C@@H](O2)[C@H]1O. The van der Waals surface area contributed by atoms with E-state index in [0.29, 0.717) is 0 Å². The Hall–Kier alpha value is -0.200. The lowest BCUT2D eigenvalue weighted by Gasteiger charge is -2.32. The van der Waals surface area contributed by atoms with Crippen LogP contribution in [0.5, 0.6) is 0 Å². The lowest BCUT2D eigenvalue weighted by molar-refractivity contribution is -0.228. The molecule has 0 unspecified atom stereocenters. The maximum atomic E-state index is 9.22. The van der Waals surface area contributed by atoms with Crippen molar-refractivity contribution >= 4 is 0 Å². The highest BCUT2D eigenvalue weighted by atomic mass is 16.7. The molecule has 0 aromatic heterocycles. The maximum Gasteiger partial charge on any atom is 0.186 e. The summed E-state index contributed by atoms with van der Waals surface area (Å²) < 4.78 is 9.95. The van der Waals surface area contributed by atoms with Gasteiger partial charge in [0.1, 0.15) is 24.4 Å². The van der Waals surface area contributed by atoms with Crippen LogP contribution in [-0.4, -0.2) is 52.6 Å². The molecule has 5 nitrogen and oxygen atoms in total. The molecule has 0 aromatic rings. The molecule has 0 radical (unpaired) electrons. The van der Waals surface area contributed by atoms with Gasteiger partial charge in [-0.15, -0.1) is 0 Å². The smallest absolute Gasteiger partial charge is 0.186 e. The van der Waals surface area contributed by atoms with Crippen molar-refractivity contribution in [3.05, 3.63) is 0 Å². The lowest BCUT2D eigenvalue weighted by Crippen LogP contribution is -2.53. The standard InChI is InChI=1S/C6H10O5/c7-3-2-1-10-6(11-2)5(9)4(3)8/h2-9H,1H2/t2-,3-,4-,5+,6-/m1/s1. The Morgan fingerprint density at radius 2 is 1.73 bits per heavy atom. The molecular formula is C6H10O5. The molecule has 2 heterocycles. The van der Waals surface area contributed by atoms with Crippen molar-refractivity contribution in [2.75, 3.05) is 6.61 Å². The van der Waals surface area contributed by atoms with Crippen molar-refractivity contribution in [3.63, 3.8) is 0 Å². The molecule has 2 fully saturated rings.